The highest BCUT2D eigenvalue weighted by Crippen LogP contribution is 2.38. The van der Waals surface area contributed by atoms with E-state index in [2.05, 4.69) is 15.0 Å². The highest BCUT2D eigenvalue weighted by atomic mass is 32.2. The van der Waals surface area contributed by atoms with Crippen molar-refractivity contribution in [2.24, 2.45) is 0 Å². The van der Waals surface area contributed by atoms with Gasteiger partial charge in [-0.2, -0.15) is 0 Å². The first kappa shape index (κ1) is 15.3. The van der Waals surface area contributed by atoms with E-state index < -0.39 is 18.2 Å². The van der Waals surface area contributed by atoms with Crippen LogP contribution in [-0.2, 0) is 20.8 Å². The molecule has 2 saturated heterocycles. The van der Waals surface area contributed by atoms with Gasteiger partial charge in [0.2, 0.25) is 0 Å². The summed E-state index contributed by atoms with van der Waals surface area (Å²) < 4.78 is 19.1. The number of thioether (sulfide) groups is 1. The molecule has 0 spiro atoms. The number of aliphatic hydroxyl groups is 1. The van der Waals surface area contributed by atoms with Gasteiger partial charge in [0, 0.05) is 0 Å². The molecule has 0 amide bonds. The Balaban J connectivity index is 1.61. The minimum absolute atomic E-state index is 0.328. The molecule has 124 valence electrons. The average Bonchev–Trinajstić information content (AvgIpc) is 3.16. The van der Waals surface area contributed by atoms with Crippen molar-refractivity contribution in [2.75, 3.05) is 6.26 Å². The van der Waals surface area contributed by atoms with Crippen LogP contribution in [0.3, 0.4) is 0 Å². The molecular formula is C14H18N4O4S. The molecule has 0 aliphatic carbocycles. The van der Waals surface area contributed by atoms with Crippen LogP contribution in [-0.4, -0.2) is 61.3 Å². The van der Waals surface area contributed by atoms with Crippen molar-refractivity contribution in [1.82, 2.24) is 19.5 Å². The van der Waals surface area contributed by atoms with Crippen molar-refractivity contribution in [3.8, 4) is 11.5 Å². The lowest BCUT2D eigenvalue weighted by molar-refractivity contribution is -0.221. The van der Waals surface area contributed by atoms with Crippen LogP contribution in [0.15, 0.2) is 17.7 Å². The normalized spacial score (nSPS) is 32.5. The van der Waals surface area contributed by atoms with Gasteiger partial charge in [-0.3, -0.25) is 0 Å². The maximum Gasteiger partial charge on any atom is 0.184 e. The van der Waals surface area contributed by atoms with Crippen LogP contribution in [0.4, 0.5) is 0 Å². The lowest BCUT2D eigenvalue weighted by Gasteiger charge is -2.23. The van der Waals surface area contributed by atoms with Crippen molar-refractivity contribution in [2.45, 2.75) is 55.8 Å². The standard InChI is InChI=1S/C14H18N4O4S/c1-14(2)21-9-7(20-13(19)10(9)22-14)4-18-6-17-12(23-3)8-11(18)16-5-15-8/h5-7,9-10,13,19H,4H2,1-3H3/t7-,9+,10-,13+/m1/s1. The number of hydrogen-bond acceptors (Lipinski definition) is 8. The van der Waals surface area contributed by atoms with E-state index in [0.29, 0.717) is 6.54 Å². The molecule has 4 heterocycles. The summed E-state index contributed by atoms with van der Waals surface area (Å²) in [5, 5.41) is 10.9. The van der Waals surface area contributed by atoms with Gasteiger partial charge in [0.15, 0.2) is 17.9 Å². The van der Waals surface area contributed by atoms with E-state index in [0.717, 1.165) is 16.5 Å². The van der Waals surface area contributed by atoms with Crippen molar-refractivity contribution < 1.29 is 19.3 Å². The third-order valence-electron chi connectivity index (χ3n) is 4.06. The van der Waals surface area contributed by atoms with Crippen LogP contribution >= 0.6 is 11.8 Å². The van der Waals surface area contributed by atoms with E-state index in [4.69, 9.17) is 14.2 Å². The van der Waals surface area contributed by atoms with E-state index >= 15 is 0 Å². The summed E-state index contributed by atoms with van der Waals surface area (Å²) in [6.07, 6.45) is 3.05. The third-order valence-corrected chi connectivity index (χ3v) is 4.75. The van der Waals surface area contributed by atoms with Crippen molar-refractivity contribution in [3.63, 3.8) is 0 Å². The molecule has 4 atom stereocenters. The van der Waals surface area contributed by atoms with Crippen LogP contribution in [0.5, 0.6) is 0 Å². The molecule has 4 aliphatic heterocycles. The Kier molecular flexibility index (Phi) is 3.58. The first-order chi connectivity index (χ1) is 11.0. The van der Waals surface area contributed by atoms with Crippen LogP contribution in [0.1, 0.15) is 13.8 Å². The van der Waals surface area contributed by atoms with Gasteiger partial charge in [0.1, 0.15) is 35.4 Å². The molecule has 0 bridgehead atoms. The minimum atomic E-state index is -0.993. The van der Waals surface area contributed by atoms with Gasteiger partial charge in [0.05, 0.1) is 12.9 Å². The Hall–Kier alpha value is -1.26. The fraction of sp³-hybridized carbons (Fsp3) is 0.643. The van der Waals surface area contributed by atoms with Crippen molar-refractivity contribution in [1.29, 1.82) is 0 Å². The maximum atomic E-state index is 10.1. The van der Waals surface area contributed by atoms with Gasteiger partial charge in [-0.05, 0) is 20.1 Å². The van der Waals surface area contributed by atoms with E-state index in [9.17, 15) is 5.11 Å². The number of fused-ring (bicyclic) bond motifs is 2. The van der Waals surface area contributed by atoms with Gasteiger partial charge in [-0.25, -0.2) is 15.0 Å². The maximum absolute atomic E-state index is 10.1. The first-order valence-corrected chi connectivity index (χ1v) is 8.60. The number of hydrogen-bond donors (Lipinski definition) is 1. The molecule has 23 heavy (non-hydrogen) atoms. The zero-order chi connectivity index (χ0) is 16.2. The number of aromatic nitrogens is 4. The smallest absolute Gasteiger partial charge is 0.184 e. The number of rotatable bonds is 3. The number of ether oxygens (including phenoxy) is 3. The van der Waals surface area contributed by atoms with Crippen LogP contribution in [0.25, 0.3) is 11.5 Å². The highest BCUT2D eigenvalue weighted by Gasteiger charge is 2.54. The number of aliphatic hydroxyl groups excluding tert-OH is 1. The van der Waals surface area contributed by atoms with Gasteiger partial charge >= 0.3 is 0 Å². The summed E-state index contributed by atoms with van der Waals surface area (Å²) in [4.78, 5) is 13.0. The fourth-order valence-corrected chi connectivity index (χ4v) is 3.63. The van der Waals surface area contributed by atoms with Crippen molar-refractivity contribution in [3.05, 3.63) is 12.7 Å². The Morgan fingerprint density at radius 2 is 2.04 bits per heavy atom. The van der Waals surface area contributed by atoms with Gasteiger partial charge < -0.3 is 23.9 Å². The summed E-state index contributed by atoms with van der Waals surface area (Å²) in [6, 6.07) is 0. The average molecular weight is 338 g/mol. The molecule has 0 aromatic heterocycles. The predicted molar refractivity (Wildman–Crippen MR) is 80.9 cm³/mol. The molecule has 4 rings (SSSR count). The van der Waals surface area contributed by atoms with Crippen LogP contribution in [0.2, 0.25) is 0 Å². The van der Waals surface area contributed by atoms with E-state index in [-0.39, 0.29) is 12.2 Å². The third kappa shape index (κ3) is 2.52. The molecule has 0 unspecified atom stereocenters. The Morgan fingerprint density at radius 1 is 1.26 bits per heavy atom. The number of nitrogens with zero attached hydrogens (tertiary/aromatic N) is 4. The second kappa shape index (κ2) is 5.38. The SMILES string of the molecule is CSc1ncn(C[C@H]2O[C@H](O)[C@@H]3OC(C)(C)O[C@H]32)c2ncnc1-2. The molecule has 0 radical (unpaired) electrons. The second-order valence-corrected chi connectivity index (χ2v) is 6.88. The van der Waals surface area contributed by atoms with Gasteiger partial charge in [0.25, 0.3) is 0 Å². The van der Waals surface area contributed by atoms with Crippen LogP contribution in [0, 0.1) is 0 Å². The van der Waals surface area contributed by atoms with Gasteiger partial charge in [-0.1, -0.05) is 0 Å². The molecule has 0 aromatic rings. The Bertz CT molecular complexity index is 693. The topological polar surface area (TPSA) is 91.5 Å². The summed E-state index contributed by atoms with van der Waals surface area (Å²) in [6.45, 7) is 4.12. The quantitative estimate of drug-likeness (QED) is 0.647. The fourth-order valence-electron chi connectivity index (χ4n) is 3.14. The summed E-state index contributed by atoms with van der Waals surface area (Å²) >= 11 is 1.53. The molecule has 4 aliphatic rings. The summed E-state index contributed by atoms with van der Waals surface area (Å²) in [5.41, 5.74) is 0.763. The lowest BCUT2D eigenvalue weighted by Crippen LogP contribution is -2.33. The summed E-state index contributed by atoms with van der Waals surface area (Å²) in [7, 11) is 0. The van der Waals surface area contributed by atoms with Gasteiger partial charge in [-0.15, -0.1) is 11.8 Å². The monoisotopic (exact) mass is 338 g/mol. The number of imidazole rings is 1. The molecule has 1 N–H and O–H groups in total. The largest absolute Gasteiger partial charge is 0.366 e. The minimum Gasteiger partial charge on any atom is -0.366 e. The highest BCUT2D eigenvalue weighted by molar-refractivity contribution is 7.98. The second-order valence-electron chi connectivity index (χ2n) is 6.08. The molecule has 9 heteroatoms. The molecule has 8 nitrogen and oxygen atoms in total. The Morgan fingerprint density at radius 3 is 2.83 bits per heavy atom. The van der Waals surface area contributed by atoms with E-state index in [1.165, 1.54) is 18.1 Å². The molecule has 2 fully saturated rings. The first-order valence-electron chi connectivity index (χ1n) is 7.37. The van der Waals surface area contributed by atoms with E-state index in [1.54, 1.807) is 6.33 Å². The zero-order valence-electron chi connectivity index (χ0n) is 13.0. The molecule has 0 aromatic carbocycles. The lowest BCUT2D eigenvalue weighted by atomic mass is 10.1. The van der Waals surface area contributed by atoms with E-state index in [1.807, 2.05) is 24.7 Å². The van der Waals surface area contributed by atoms with Crippen LogP contribution < -0.4 is 0 Å². The van der Waals surface area contributed by atoms with Crippen molar-refractivity contribution >= 4 is 11.8 Å². The predicted octanol–water partition coefficient (Wildman–Crippen LogP) is 0.737. The zero-order valence-corrected chi connectivity index (χ0v) is 13.9. The summed E-state index contributed by atoms with van der Waals surface area (Å²) in [5.74, 6) is 0.0171. The molecular weight excluding hydrogens is 320 g/mol. The molecule has 0 saturated carbocycles. The Labute approximate surface area is 137 Å².